The first-order valence-corrected chi connectivity index (χ1v) is 6.84. The second kappa shape index (κ2) is 4.74. The van der Waals surface area contributed by atoms with Crippen LogP contribution in [0.2, 0.25) is 0 Å². The Balaban J connectivity index is 1.95. The van der Waals surface area contributed by atoms with Crippen LogP contribution in [0.5, 0.6) is 0 Å². The molecule has 1 aliphatic heterocycles. The predicted octanol–water partition coefficient (Wildman–Crippen LogP) is 2.14. The topological polar surface area (TPSA) is 50.5 Å². The predicted molar refractivity (Wildman–Crippen MR) is 76.7 cm³/mol. The van der Waals surface area contributed by atoms with Crippen molar-refractivity contribution in [2.24, 2.45) is 0 Å². The minimum absolute atomic E-state index is 0.0394. The lowest BCUT2D eigenvalue weighted by Crippen LogP contribution is -2.36. The van der Waals surface area contributed by atoms with Crippen LogP contribution in [0.3, 0.4) is 0 Å². The van der Waals surface area contributed by atoms with Gasteiger partial charge in [-0.05, 0) is 26.7 Å². The molecule has 20 heavy (non-hydrogen) atoms. The summed E-state index contributed by atoms with van der Waals surface area (Å²) in [6.07, 6.45) is 3.44. The minimum atomic E-state index is 0.0394. The first-order valence-electron chi connectivity index (χ1n) is 6.84. The molecular weight excluding hydrogens is 252 g/mol. The third kappa shape index (κ3) is 2.09. The Morgan fingerprint density at radius 2 is 2.00 bits per heavy atom. The highest BCUT2D eigenvalue weighted by molar-refractivity contribution is 5.95. The van der Waals surface area contributed by atoms with E-state index in [-0.39, 0.29) is 5.91 Å². The van der Waals surface area contributed by atoms with Crippen LogP contribution in [0.1, 0.15) is 34.6 Å². The Kier molecular flexibility index (Phi) is 3.04. The molecule has 2 aromatic heterocycles. The largest absolute Gasteiger partial charge is 0.338 e. The summed E-state index contributed by atoms with van der Waals surface area (Å²) in [7, 11) is 0. The number of aryl methyl sites for hydroxylation is 2. The molecule has 1 aliphatic rings. The zero-order chi connectivity index (χ0) is 14.3. The van der Waals surface area contributed by atoms with E-state index in [0.717, 1.165) is 43.0 Å². The van der Waals surface area contributed by atoms with Crippen LogP contribution < -0.4 is 0 Å². The van der Waals surface area contributed by atoms with Gasteiger partial charge in [0, 0.05) is 25.4 Å². The van der Waals surface area contributed by atoms with Gasteiger partial charge in [0.1, 0.15) is 0 Å². The van der Waals surface area contributed by atoms with E-state index in [9.17, 15) is 4.79 Å². The third-order valence-corrected chi connectivity index (χ3v) is 3.83. The molecule has 0 radical (unpaired) electrons. The number of aromatic nitrogens is 3. The smallest absolute Gasteiger partial charge is 0.257 e. The van der Waals surface area contributed by atoms with Gasteiger partial charge in [-0.1, -0.05) is 12.2 Å². The number of carbonyl (C=O) groups excluding carboxylic acids is 1. The van der Waals surface area contributed by atoms with Crippen molar-refractivity contribution in [3.8, 4) is 0 Å². The van der Waals surface area contributed by atoms with Crippen LogP contribution in [-0.4, -0.2) is 38.5 Å². The molecule has 1 saturated heterocycles. The number of amides is 1. The molecule has 0 atom stereocenters. The molecule has 1 fully saturated rings. The minimum Gasteiger partial charge on any atom is -0.338 e. The zero-order valence-corrected chi connectivity index (χ0v) is 11.9. The van der Waals surface area contributed by atoms with E-state index in [1.54, 1.807) is 10.7 Å². The molecule has 3 rings (SSSR count). The number of nitrogens with zero attached hydrogens (tertiary/aromatic N) is 4. The van der Waals surface area contributed by atoms with Gasteiger partial charge in [-0.2, -0.15) is 5.10 Å². The van der Waals surface area contributed by atoms with Crippen LogP contribution in [0.25, 0.3) is 5.65 Å². The number of rotatable bonds is 1. The van der Waals surface area contributed by atoms with Crippen molar-refractivity contribution in [3.05, 3.63) is 41.4 Å². The first kappa shape index (κ1) is 12.8. The Hall–Kier alpha value is -2.17. The van der Waals surface area contributed by atoms with Gasteiger partial charge >= 0.3 is 0 Å². The van der Waals surface area contributed by atoms with Crippen molar-refractivity contribution in [2.45, 2.75) is 26.7 Å². The zero-order valence-electron chi connectivity index (χ0n) is 11.9. The van der Waals surface area contributed by atoms with Crippen molar-refractivity contribution < 1.29 is 4.79 Å². The average Bonchev–Trinajstić information content (AvgIpc) is 2.81. The number of piperidine rings is 1. The molecule has 0 N–H and O–H groups in total. The first-order chi connectivity index (χ1) is 9.56. The highest BCUT2D eigenvalue weighted by Crippen LogP contribution is 2.18. The van der Waals surface area contributed by atoms with Gasteiger partial charge < -0.3 is 4.90 Å². The molecule has 104 valence electrons. The lowest BCUT2D eigenvalue weighted by molar-refractivity contribution is 0.0742. The normalized spacial score (nSPS) is 15.9. The summed E-state index contributed by atoms with van der Waals surface area (Å²) >= 11 is 0. The average molecular weight is 270 g/mol. The number of fused-ring (bicyclic) bond motifs is 1. The SMILES string of the molecule is C=C1CCN(C(=O)c2cnc3cc(C)nn3c2C)CC1. The Morgan fingerprint density at radius 1 is 1.30 bits per heavy atom. The molecule has 0 unspecified atom stereocenters. The van der Waals surface area contributed by atoms with Gasteiger partial charge in [-0.3, -0.25) is 4.79 Å². The van der Waals surface area contributed by atoms with E-state index in [1.165, 1.54) is 5.57 Å². The van der Waals surface area contributed by atoms with Crippen LogP contribution >= 0.6 is 0 Å². The Morgan fingerprint density at radius 3 is 2.70 bits per heavy atom. The summed E-state index contributed by atoms with van der Waals surface area (Å²) in [6, 6.07) is 1.91. The summed E-state index contributed by atoms with van der Waals surface area (Å²) in [5, 5.41) is 4.38. The molecule has 5 heteroatoms. The molecule has 0 bridgehead atoms. The lowest BCUT2D eigenvalue weighted by atomic mass is 10.0. The number of hydrogen-bond acceptors (Lipinski definition) is 3. The van der Waals surface area contributed by atoms with Crippen molar-refractivity contribution >= 4 is 11.6 Å². The monoisotopic (exact) mass is 270 g/mol. The highest BCUT2D eigenvalue weighted by atomic mass is 16.2. The Bertz CT molecular complexity index is 691. The summed E-state index contributed by atoms with van der Waals surface area (Å²) in [4.78, 5) is 18.8. The van der Waals surface area contributed by atoms with Crippen molar-refractivity contribution in [1.82, 2.24) is 19.5 Å². The number of carbonyl (C=O) groups is 1. The van der Waals surface area contributed by atoms with Crippen molar-refractivity contribution in [3.63, 3.8) is 0 Å². The molecular formula is C15H18N4O. The second-order valence-corrected chi connectivity index (χ2v) is 5.36. The molecule has 0 spiro atoms. The van der Waals surface area contributed by atoms with Gasteiger partial charge in [0.05, 0.1) is 17.0 Å². The van der Waals surface area contributed by atoms with E-state index >= 15 is 0 Å². The second-order valence-electron chi connectivity index (χ2n) is 5.36. The van der Waals surface area contributed by atoms with Gasteiger partial charge in [0.25, 0.3) is 5.91 Å². The van der Waals surface area contributed by atoms with Gasteiger partial charge in [-0.15, -0.1) is 0 Å². The fraction of sp³-hybridized carbons (Fsp3) is 0.400. The van der Waals surface area contributed by atoms with Crippen LogP contribution in [0.15, 0.2) is 24.4 Å². The summed E-state index contributed by atoms with van der Waals surface area (Å²) in [5.74, 6) is 0.0394. The third-order valence-electron chi connectivity index (χ3n) is 3.83. The quantitative estimate of drug-likeness (QED) is 0.746. The summed E-state index contributed by atoms with van der Waals surface area (Å²) in [5.41, 5.74) is 4.38. The van der Waals surface area contributed by atoms with E-state index in [0.29, 0.717) is 5.56 Å². The molecule has 2 aromatic rings. The van der Waals surface area contributed by atoms with Crippen molar-refractivity contribution in [2.75, 3.05) is 13.1 Å². The highest BCUT2D eigenvalue weighted by Gasteiger charge is 2.22. The summed E-state index contributed by atoms with van der Waals surface area (Å²) in [6.45, 7) is 9.30. The molecule has 0 aromatic carbocycles. The fourth-order valence-electron chi connectivity index (χ4n) is 2.57. The van der Waals surface area contributed by atoms with Crippen LogP contribution in [-0.2, 0) is 0 Å². The standard InChI is InChI=1S/C15H18N4O/c1-10-4-6-18(7-5-10)15(20)13-9-16-14-8-11(2)17-19(14)12(13)3/h8-9H,1,4-7H2,2-3H3. The number of hydrogen-bond donors (Lipinski definition) is 0. The van der Waals surface area contributed by atoms with E-state index in [1.807, 2.05) is 24.8 Å². The molecule has 1 amide bonds. The van der Waals surface area contributed by atoms with Crippen LogP contribution in [0.4, 0.5) is 0 Å². The maximum atomic E-state index is 12.6. The maximum Gasteiger partial charge on any atom is 0.257 e. The summed E-state index contributed by atoms with van der Waals surface area (Å²) < 4.78 is 1.74. The molecule has 0 saturated carbocycles. The lowest BCUT2D eigenvalue weighted by Gasteiger charge is -2.28. The van der Waals surface area contributed by atoms with Gasteiger partial charge in [-0.25, -0.2) is 9.50 Å². The maximum absolute atomic E-state index is 12.6. The molecule has 3 heterocycles. The van der Waals surface area contributed by atoms with Gasteiger partial charge in [0.2, 0.25) is 0 Å². The van der Waals surface area contributed by atoms with E-state index in [4.69, 9.17) is 0 Å². The molecule has 5 nitrogen and oxygen atoms in total. The molecule has 0 aliphatic carbocycles. The van der Waals surface area contributed by atoms with Crippen LogP contribution in [0, 0.1) is 13.8 Å². The van der Waals surface area contributed by atoms with Crippen molar-refractivity contribution in [1.29, 1.82) is 0 Å². The van der Waals surface area contributed by atoms with Gasteiger partial charge in [0.15, 0.2) is 5.65 Å². The number of likely N-dealkylation sites (tertiary alicyclic amines) is 1. The fourth-order valence-corrected chi connectivity index (χ4v) is 2.57. The Labute approximate surface area is 117 Å². The van der Waals surface area contributed by atoms with E-state index in [2.05, 4.69) is 16.7 Å². The van der Waals surface area contributed by atoms with E-state index < -0.39 is 0 Å².